The number of hydrogen-bond donors (Lipinski definition) is 0. The number of allylic oxidation sites excluding steroid dienone is 4. The van der Waals surface area contributed by atoms with Gasteiger partial charge in [-0.25, -0.2) is 0 Å². The molecule has 1 heterocycles. The van der Waals surface area contributed by atoms with Gasteiger partial charge in [-0.2, -0.15) is 0 Å². The maximum Gasteiger partial charge on any atom is 4.00 e. The number of fused-ring (bicyclic) bond motifs is 5. The molecule has 1 aromatic carbocycles. The molecule has 0 radical (unpaired) electrons. The van der Waals surface area contributed by atoms with Crippen molar-refractivity contribution in [3.05, 3.63) is 80.9 Å². The second-order valence-corrected chi connectivity index (χ2v) is 13.2. The van der Waals surface area contributed by atoms with Crippen LogP contribution in [0.4, 0.5) is 5.69 Å². The van der Waals surface area contributed by atoms with Crippen LogP contribution in [0.2, 0.25) is 18.6 Å². The molecule has 1 fully saturated rings. The van der Waals surface area contributed by atoms with Crippen LogP contribution in [0.1, 0.15) is 32.3 Å². The summed E-state index contributed by atoms with van der Waals surface area (Å²) in [5.74, 6) is 1.88. The number of para-hydroxylation sites is 1. The van der Waals surface area contributed by atoms with Crippen LogP contribution in [0.25, 0.3) is 4.98 Å². The van der Waals surface area contributed by atoms with Crippen LogP contribution in [0.3, 0.4) is 0 Å². The molecule has 0 aromatic heterocycles. The van der Waals surface area contributed by atoms with E-state index in [1.54, 1.807) is 5.56 Å². The molecule has 5 unspecified atom stereocenters. The number of benzene rings is 1. The predicted octanol–water partition coefficient (Wildman–Crippen LogP) is 7.06. The first-order valence-corrected chi connectivity index (χ1v) is 12.7. The van der Waals surface area contributed by atoms with E-state index < -0.39 is 8.24 Å². The maximum atomic E-state index is 5.32. The van der Waals surface area contributed by atoms with Gasteiger partial charge in [-0.05, 0) is 35.9 Å². The van der Waals surface area contributed by atoms with E-state index in [1.165, 1.54) is 11.3 Å². The molecule has 0 bridgehead atoms. The summed E-state index contributed by atoms with van der Waals surface area (Å²) in [5, 5.41) is 0. The number of anilines is 1. The molecule has 0 spiro atoms. The Morgan fingerprint density at radius 1 is 1.03 bits per heavy atom. The van der Waals surface area contributed by atoms with Gasteiger partial charge in [-0.1, -0.05) is 77.2 Å². The molecule has 0 saturated heterocycles. The van der Waals surface area contributed by atoms with Gasteiger partial charge in [0.05, 0.1) is 0 Å². The number of nitrogens with zero attached hydrogens (tertiary/aromatic N) is 2. The van der Waals surface area contributed by atoms with Gasteiger partial charge >= 0.3 is 21.7 Å². The molecule has 29 heavy (non-hydrogen) atoms. The Labute approximate surface area is 197 Å². The van der Waals surface area contributed by atoms with Gasteiger partial charge in [0.15, 0.2) is 0 Å². The number of hydrogen-bond acceptors (Lipinski definition) is 1. The Morgan fingerprint density at radius 3 is 2.28 bits per heavy atom. The molecular weight excluding hydrogens is 404 g/mol. The van der Waals surface area contributed by atoms with Gasteiger partial charge in [0.2, 0.25) is 0 Å². The van der Waals surface area contributed by atoms with E-state index in [4.69, 9.17) is 4.98 Å². The molecule has 4 heteroatoms. The summed E-state index contributed by atoms with van der Waals surface area (Å²) < 4.78 is 0. The fourth-order valence-corrected chi connectivity index (χ4v) is 10.0. The van der Waals surface area contributed by atoms with Crippen molar-refractivity contribution in [2.75, 3.05) is 11.9 Å². The topological polar surface area (TPSA) is 17.3 Å². The zero-order valence-electron chi connectivity index (χ0n) is 19.9. The monoisotopic (exact) mass is 444 g/mol. The van der Waals surface area contributed by atoms with Gasteiger partial charge in [0.25, 0.3) is 0 Å². The molecule has 2 nitrogen and oxygen atoms in total. The summed E-state index contributed by atoms with van der Waals surface area (Å²) in [4.78, 5) is 7.91. The molecule has 0 amide bonds. The van der Waals surface area contributed by atoms with Crippen molar-refractivity contribution < 1.29 is 21.7 Å². The van der Waals surface area contributed by atoms with Crippen LogP contribution in [-0.4, -0.2) is 27.4 Å². The van der Waals surface area contributed by atoms with Crippen molar-refractivity contribution in [1.82, 2.24) is 0 Å². The standard InChI is InChI=1S/C22H31N2Si.3CH3.Ti/c1-14(2)23-25(5,6)22-18-13-15(3)11-12-16(18)20-17-9-7-8-10-19(17)24(4)21(20)22;;;;/h7-14,16,18,20-22H,1-6H3;3*1H3;/q4*-1;+4. The zero-order valence-corrected chi connectivity index (χ0v) is 22.5. The van der Waals surface area contributed by atoms with Gasteiger partial charge in [0, 0.05) is 24.7 Å². The van der Waals surface area contributed by atoms with Crippen LogP contribution in [0.5, 0.6) is 0 Å². The smallest absolute Gasteiger partial charge is 0.662 e. The maximum absolute atomic E-state index is 5.32. The second-order valence-electron chi connectivity index (χ2n) is 9.01. The van der Waals surface area contributed by atoms with Gasteiger partial charge in [-0.15, -0.1) is 6.04 Å². The van der Waals surface area contributed by atoms with Crippen molar-refractivity contribution in [2.24, 2.45) is 11.8 Å². The Bertz CT molecular complexity index is 740. The molecule has 2 aliphatic carbocycles. The quantitative estimate of drug-likeness (QED) is 0.360. The Kier molecular flexibility index (Phi) is 9.92. The summed E-state index contributed by atoms with van der Waals surface area (Å²) in [6.07, 6.45) is 7.41. The van der Waals surface area contributed by atoms with Crippen LogP contribution in [-0.2, 0) is 21.7 Å². The fraction of sp³-hybridized carbons (Fsp3) is 0.480. The SMILES string of the molecule is CC1=CC2C(C=C1)C1c3ccccc3N(C)C1C2[Si](C)(C)[N-]C(C)C.[CH3-].[CH3-].[CH3-].[Ti+4]. The molecule has 1 saturated carbocycles. The molecule has 0 N–H and O–H groups in total. The minimum Gasteiger partial charge on any atom is -0.662 e. The molecule has 1 aromatic rings. The first kappa shape index (κ1) is 28.4. The average Bonchev–Trinajstić information content (AvgIpc) is 3.00. The minimum absolute atomic E-state index is 0. The summed E-state index contributed by atoms with van der Waals surface area (Å²) in [6.45, 7) is 11.7. The third-order valence-corrected chi connectivity index (χ3v) is 10.1. The Morgan fingerprint density at radius 2 is 1.66 bits per heavy atom. The molecule has 5 atom stereocenters. The van der Waals surface area contributed by atoms with Gasteiger partial charge < -0.3 is 32.2 Å². The first-order chi connectivity index (χ1) is 11.8. The van der Waals surface area contributed by atoms with Crippen molar-refractivity contribution in [2.45, 2.75) is 57.4 Å². The summed E-state index contributed by atoms with van der Waals surface area (Å²) in [7, 11) is 0.580. The number of rotatable bonds is 3. The summed E-state index contributed by atoms with van der Waals surface area (Å²) >= 11 is 0. The Hall–Kier alpha value is -0.609. The molecule has 158 valence electrons. The third kappa shape index (κ3) is 4.54. The molecule has 1 aliphatic heterocycles. The van der Waals surface area contributed by atoms with E-state index in [0.29, 0.717) is 35.4 Å². The van der Waals surface area contributed by atoms with Gasteiger partial charge in [0.1, 0.15) is 0 Å². The molecule has 3 aliphatic rings. The van der Waals surface area contributed by atoms with E-state index in [2.05, 4.69) is 88.3 Å². The van der Waals surface area contributed by atoms with Gasteiger partial charge in [-0.3, -0.25) is 0 Å². The van der Waals surface area contributed by atoms with E-state index in [1.807, 2.05) is 0 Å². The fourth-order valence-electron chi connectivity index (χ4n) is 6.01. The second kappa shape index (κ2) is 10.1. The van der Waals surface area contributed by atoms with E-state index >= 15 is 0 Å². The van der Waals surface area contributed by atoms with Crippen LogP contribution >= 0.6 is 0 Å². The van der Waals surface area contributed by atoms with E-state index in [9.17, 15) is 0 Å². The first-order valence-electron chi connectivity index (χ1n) is 9.71. The average molecular weight is 445 g/mol. The van der Waals surface area contributed by atoms with E-state index in [0.717, 1.165) is 0 Å². The van der Waals surface area contributed by atoms with Crippen molar-refractivity contribution in [3.63, 3.8) is 0 Å². The van der Waals surface area contributed by atoms with Crippen LogP contribution in [0.15, 0.2) is 48.1 Å². The van der Waals surface area contributed by atoms with Crippen molar-refractivity contribution >= 4 is 13.9 Å². The summed E-state index contributed by atoms with van der Waals surface area (Å²) in [5.41, 5.74) is 5.09. The van der Waals surface area contributed by atoms with E-state index in [-0.39, 0.29) is 44.0 Å². The zero-order chi connectivity index (χ0) is 17.9. The normalized spacial score (nSPS) is 28.7. The van der Waals surface area contributed by atoms with Crippen molar-refractivity contribution in [3.8, 4) is 0 Å². The largest absolute Gasteiger partial charge is 4.00 e. The number of likely N-dealkylation sites (N-methyl/N-ethyl adjacent to an activating group) is 1. The molecule has 4 rings (SSSR count). The van der Waals surface area contributed by atoms with Crippen LogP contribution in [0, 0.1) is 34.1 Å². The third-order valence-electron chi connectivity index (χ3n) is 6.58. The van der Waals surface area contributed by atoms with Crippen LogP contribution < -0.4 is 4.90 Å². The van der Waals surface area contributed by atoms with Crippen molar-refractivity contribution in [1.29, 1.82) is 0 Å². The minimum atomic E-state index is -1.73. The Balaban J connectivity index is 0.00000196. The predicted molar refractivity (Wildman–Crippen MR) is 130 cm³/mol. The molecular formula is C25H40N2SiTi. The summed E-state index contributed by atoms with van der Waals surface area (Å²) in [6, 6.07) is 10.1.